The number of carbonyl (C=O) groups excluding carboxylic acids is 2. The van der Waals surface area contributed by atoms with Crippen molar-refractivity contribution >= 4 is 28.8 Å². The molecule has 1 heterocycles. The van der Waals surface area contributed by atoms with Crippen molar-refractivity contribution in [1.82, 2.24) is 20.9 Å². The molecule has 4 aromatic rings. The van der Waals surface area contributed by atoms with Crippen molar-refractivity contribution in [3.8, 4) is 0 Å². The van der Waals surface area contributed by atoms with Gasteiger partial charge in [0.15, 0.2) is 6.04 Å². The summed E-state index contributed by atoms with van der Waals surface area (Å²) in [5, 5.41) is 14.0. The van der Waals surface area contributed by atoms with Crippen molar-refractivity contribution in [2.75, 3.05) is 0 Å². The molecule has 0 aliphatic carbocycles. The Morgan fingerprint density at radius 1 is 0.939 bits per heavy atom. The number of carbonyl (C=O) groups is 2. The van der Waals surface area contributed by atoms with E-state index in [4.69, 9.17) is 0 Å². The van der Waals surface area contributed by atoms with Crippen LogP contribution in [-0.4, -0.2) is 28.2 Å². The molecule has 1 unspecified atom stereocenters. The largest absolute Gasteiger partial charge is 0.335 e. The molecule has 0 spiro atoms. The summed E-state index contributed by atoms with van der Waals surface area (Å²) in [4.78, 5) is 38.1. The van der Waals surface area contributed by atoms with Gasteiger partial charge in [-0.15, -0.1) is 0 Å². The highest BCUT2D eigenvalue weighted by molar-refractivity contribution is 5.99. The molecule has 8 nitrogen and oxygen atoms in total. The van der Waals surface area contributed by atoms with Crippen LogP contribution in [0, 0.1) is 6.92 Å². The lowest BCUT2D eigenvalue weighted by molar-refractivity contribution is -0.123. The lowest BCUT2D eigenvalue weighted by Gasteiger charge is -2.18. The number of nitrogens with one attached hydrogen (secondary N) is 3. The maximum absolute atomic E-state index is 13.1. The molecule has 0 fully saturated rings. The van der Waals surface area contributed by atoms with Crippen LogP contribution < -0.4 is 16.3 Å². The summed E-state index contributed by atoms with van der Waals surface area (Å²) >= 11 is 0. The molecule has 33 heavy (non-hydrogen) atoms. The van der Waals surface area contributed by atoms with E-state index < -0.39 is 17.9 Å². The normalized spacial score (nSPS) is 11.9. The minimum Gasteiger partial charge on any atom is -0.335 e. The average molecular weight is 439 g/mol. The van der Waals surface area contributed by atoms with Crippen LogP contribution in [0.15, 0.2) is 88.8 Å². The summed E-state index contributed by atoms with van der Waals surface area (Å²) in [6.07, 6.45) is 1.51. The van der Waals surface area contributed by atoms with E-state index in [-0.39, 0.29) is 11.3 Å². The topological polar surface area (TPSA) is 116 Å². The second-order valence-electron chi connectivity index (χ2n) is 7.40. The van der Waals surface area contributed by atoms with Gasteiger partial charge in [0.1, 0.15) is 5.69 Å². The molecule has 0 saturated heterocycles. The van der Waals surface area contributed by atoms with Crippen LogP contribution in [-0.2, 0) is 4.79 Å². The van der Waals surface area contributed by atoms with Gasteiger partial charge in [0.05, 0.1) is 11.6 Å². The molecule has 3 N–H and O–H groups in total. The van der Waals surface area contributed by atoms with Gasteiger partial charge in [-0.2, -0.15) is 10.2 Å². The molecule has 164 valence electrons. The predicted molar refractivity (Wildman–Crippen MR) is 126 cm³/mol. The van der Waals surface area contributed by atoms with Crippen LogP contribution in [0.4, 0.5) is 0 Å². The number of rotatable bonds is 6. The lowest BCUT2D eigenvalue weighted by atomic mass is 10.0. The summed E-state index contributed by atoms with van der Waals surface area (Å²) in [6.45, 7) is 1.98. The van der Waals surface area contributed by atoms with Gasteiger partial charge in [-0.3, -0.25) is 14.4 Å². The number of benzene rings is 3. The van der Waals surface area contributed by atoms with E-state index in [9.17, 15) is 14.4 Å². The van der Waals surface area contributed by atoms with Crippen molar-refractivity contribution in [2.45, 2.75) is 13.0 Å². The molecule has 3 aromatic carbocycles. The van der Waals surface area contributed by atoms with E-state index in [2.05, 4.69) is 26.0 Å². The second kappa shape index (κ2) is 9.69. The Bertz CT molecular complexity index is 1380. The quantitative estimate of drug-likeness (QED) is 0.316. The number of amides is 2. The number of aromatic amines is 1. The Morgan fingerprint density at radius 3 is 2.33 bits per heavy atom. The van der Waals surface area contributed by atoms with Gasteiger partial charge >= 0.3 is 0 Å². The minimum absolute atomic E-state index is 0.206. The molecule has 8 heteroatoms. The molecular formula is C25H21N5O3. The highest BCUT2D eigenvalue weighted by atomic mass is 16.2. The first-order chi connectivity index (χ1) is 16.0. The maximum atomic E-state index is 13.1. The van der Waals surface area contributed by atoms with E-state index in [1.54, 1.807) is 54.6 Å². The zero-order valence-electron chi connectivity index (χ0n) is 17.8. The molecular weight excluding hydrogens is 418 g/mol. The number of fused-ring (bicyclic) bond motifs is 1. The molecule has 4 rings (SSSR count). The third-order valence-corrected chi connectivity index (χ3v) is 5.04. The van der Waals surface area contributed by atoms with E-state index in [1.165, 1.54) is 6.21 Å². The number of H-pyrrole nitrogens is 1. The summed E-state index contributed by atoms with van der Waals surface area (Å²) < 4.78 is 0. The molecule has 0 saturated carbocycles. The Kier molecular flexibility index (Phi) is 6.36. The number of hydrogen-bond donors (Lipinski definition) is 3. The Labute approximate surface area is 189 Å². The first-order valence-corrected chi connectivity index (χ1v) is 10.3. The van der Waals surface area contributed by atoms with Crippen molar-refractivity contribution < 1.29 is 9.59 Å². The first-order valence-electron chi connectivity index (χ1n) is 10.3. The molecule has 0 radical (unpaired) electrons. The van der Waals surface area contributed by atoms with E-state index in [0.29, 0.717) is 16.3 Å². The van der Waals surface area contributed by atoms with Crippen LogP contribution in [0.1, 0.15) is 33.2 Å². The summed E-state index contributed by atoms with van der Waals surface area (Å²) in [5.74, 6) is -1.07. The molecule has 0 aliphatic rings. The van der Waals surface area contributed by atoms with Crippen LogP contribution >= 0.6 is 0 Å². The fraction of sp³-hybridized carbons (Fsp3) is 0.0800. The first kappa shape index (κ1) is 21.6. The number of aryl methyl sites for hydroxylation is 1. The summed E-state index contributed by atoms with van der Waals surface area (Å²) in [5.41, 5.74) is 4.57. The Hall–Kier alpha value is -4.59. The highest BCUT2D eigenvalue weighted by Crippen LogP contribution is 2.20. The van der Waals surface area contributed by atoms with Crippen LogP contribution in [0.2, 0.25) is 0 Å². The fourth-order valence-electron chi connectivity index (χ4n) is 3.31. The third-order valence-electron chi connectivity index (χ3n) is 5.04. The van der Waals surface area contributed by atoms with Gasteiger partial charge < -0.3 is 5.32 Å². The highest BCUT2D eigenvalue weighted by Gasteiger charge is 2.27. The summed E-state index contributed by atoms with van der Waals surface area (Å²) in [6, 6.07) is 21.7. The molecule has 2 amide bonds. The van der Waals surface area contributed by atoms with E-state index in [0.717, 1.165) is 11.1 Å². The molecule has 1 atom stereocenters. The molecule has 0 bridgehead atoms. The van der Waals surface area contributed by atoms with Gasteiger partial charge in [-0.25, -0.2) is 10.5 Å². The third kappa shape index (κ3) is 5.01. The minimum atomic E-state index is -1.20. The van der Waals surface area contributed by atoms with Gasteiger partial charge in [-0.05, 0) is 30.7 Å². The number of aromatic nitrogens is 2. The number of hydrazone groups is 1. The second-order valence-corrected chi connectivity index (χ2v) is 7.40. The predicted octanol–water partition coefficient (Wildman–Crippen LogP) is 2.85. The van der Waals surface area contributed by atoms with Crippen molar-refractivity contribution in [3.63, 3.8) is 0 Å². The van der Waals surface area contributed by atoms with Gasteiger partial charge in [0.25, 0.3) is 17.4 Å². The SMILES string of the molecule is Cc1ccc(/C=N/NC(=O)C(NC(=O)c2ccccc2)c2n[nH]c(=O)c3ccccc23)cc1. The summed E-state index contributed by atoms with van der Waals surface area (Å²) in [7, 11) is 0. The van der Waals surface area contributed by atoms with Crippen LogP contribution in [0.3, 0.4) is 0 Å². The number of hydrogen-bond acceptors (Lipinski definition) is 5. The van der Waals surface area contributed by atoms with Crippen molar-refractivity contribution in [1.29, 1.82) is 0 Å². The van der Waals surface area contributed by atoms with Gasteiger partial charge in [0.2, 0.25) is 0 Å². The van der Waals surface area contributed by atoms with Crippen molar-refractivity contribution in [3.05, 3.63) is 112 Å². The van der Waals surface area contributed by atoms with E-state index >= 15 is 0 Å². The molecule has 0 aliphatic heterocycles. The molecule has 1 aromatic heterocycles. The Morgan fingerprint density at radius 2 is 1.61 bits per heavy atom. The van der Waals surface area contributed by atoms with Crippen LogP contribution in [0.25, 0.3) is 10.8 Å². The van der Waals surface area contributed by atoms with Gasteiger partial charge in [0, 0.05) is 10.9 Å². The monoisotopic (exact) mass is 439 g/mol. The fourth-order valence-corrected chi connectivity index (χ4v) is 3.31. The average Bonchev–Trinajstić information content (AvgIpc) is 2.85. The lowest BCUT2D eigenvalue weighted by Crippen LogP contribution is -2.40. The smallest absolute Gasteiger partial charge is 0.272 e. The van der Waals surface area contributed by atoms with E-state index in [1.807, 2.05) is 31.2 Å². The zero-order valence-corrected chi connectivity index (χ0v) is 17.8. The van der Waals surface area contributed by atoms with Gasteiger partial charge in [-0.1, -0.05) is 66.2 Å². The maximum Gasteiger partial charge on any atom is 0.272 e. The van der Waals surface area contributed by atoms with Crippen LogP contribution in [0.5, 0.6) is 0 Å². The standard InChI is InChI=1S/C25H21N5O3/c1-16-11-13-17(14-12-16)15-26-29-25(33)22(27-23(31)18-7-3-2-4-8-18)21-19-9-5-6-10-20(19)24(32)30-28-21/h2-15,22H,1H3,(H,27,31)(H,29,33)(H,30,32)/b26-15+. The zero-order chi connectivity index (χ0) is 23.2. The number of nitrogens with zero attached hydrogens (tertiary/aromatic N) is 2. The van der Waals surface area contributed by atoms with Crippen molar-refractivity contribution in [2.24, 2.45) is 5.10 Å². The Balaban J connectivity index is 1.66.